The molecule has 0 aliphatic rings. The summed E-state index contributed by atoms with van der Waals surface area (Å²) in [5.74, 6) is 0.431. The van der Waals surface area contributed by atoms with Gasteiger partial charge in [-0.05, 0) is 30.3 Å². The number of hydrogen-bond acceptors (Lipinski definition) is 4. The minimum atomic E-state index is 0.187. The number of para-hydroxylation sites is 1. The van der Waals surface area contributed by atoms with Crippen molar-refractivity contribution < 1.29 is 10.2 Å². The Morgan fingerprint density at radius 3 is 2.38 bits per heavy atom. The molecule has 0 bridgehead atoms. The van der Waals surface area contributed by atoms with Gasteiger partial charge in [0.1, 0.15) is 11.5 Å². The van der Waals surface area contributed by atoms with Crippen LogP contribution in [0.4, 0.5) is 0 Å². The smallest absolute Gasteiger partial charge is 0.129 e. The Bertz CT molecular complexity index is 512. The Balaban J connectivity index is 2.31. The second-order valence-corrected chi connectivity index (χ2v) is 4.79. The van der Waals surface area contributed by atoms with E-state index >= 15 is 0 Å². The lowest BCUT2D eigenvalue weighted by atomic mass is 10.3. The maximum atomic E-state index is 9.62. The van der Waals surface area contributed by atoms with Crippen molar-refractivity contribution in [1.82, 2.24) is 0 Å². The predicted molar refractivity (Wildman–Crippen MR) is 67.6 cm³/mol. The van der Waals surface area contributed by atoms with E-state index in [4.69, 9.17) is 0 Å². The molecule has 2 N–H and O–H groups in total. The lowest BCUT2D eigenvalue weighted by molar-refractivity contribution is 0.462. The highest BCUT2D eigenvalue weighted by Gasteiger charge is 2.05. The molecule has 0 heterocycles. The van der Waals surface area contributed by atoms with Crippen LogP contribution in [-0.2, 0) is 0 Å². The number of phenols is 2. The first-order valence-electron chi connectivity index (χ1n) is 4.64. The highest BCUT2D eigenvalue weighted by molar-refractivity contribution is 8.00. The quantitative estimate of drug-likeness (QED) is 0.714. The Morgan fingerprint density at radius 1 is 0.938 bits per heavy atom. The zero-order valence-corrected chi connectivity index (χ0v) is 10.0. The van der Waals surface area contributed by atoms with Crippen molar-refractivity contribution in [2.75, 3.05) is 0 Å². The average Bonchev–Trinajstić information content (AvgIpc) is 2.25. The van der Waals surface area contributed by atoms with Crippen LogP contribution >= 0.6 is 24.4 Å². The zero-order valence-electron chi connectivity index (χ0n) is 8.29. The fraction of sp³-hybridized carbons (Fsp3) is 0. The molecule has 2 rings (SSSR count). The summed E-state index contributed by atoms with van der Waals surface area (Å²) in [4.78, 5) is 2.35. The van der Waals surface area contributed by atoms with Crippen molar-refractivity contribution in [2.24, 2.45) is 0 Å². The van der Waals surface area contributed by atoms with E-state index in [2.05, 4.69) is 12.6 Å². The normalized spacial score (nSPS) is 10.3. The number of hydrogen-bond donors (Lipinski definition) is 3. The molecule has 0 amide bonds. The fourth-order valence-electron chi connectivity index (χ4n) is 1.25. The summed E-state index contributed by atoms with van der Waals surface area (Å²) < 4.78 is 0. The third-order valence-electron chi connectivity index (χ3n) is 2.03. The van der Waals surface area contributed by atoms with E-state index < -0.39 is 0 Å². The Hall–Kier alpha value is -1.26. The van der Waals surface area contributed by atoms with Crippen molar-refractivity contribution in [3.8, 4) is 11.5 Å². The SMILES string of the molecule is Oc1ccc(Sc2ccccc2O)c(S)c1. The largest absolute Gasteiger partial charge is 0.508 e. The molecule has 82 valence electrons. The van der Waals surface area contributed by atoms with Crippen LogP contribution in [0.5, 0.6) is 11.5 Å². The summed E-state index contributed by atoms with van der Waals surface area (Å²) >= 11 is 5.68. The van der Waals surface area contributed by atoms with Crippen LogP contribution in [-0.4, -0.2) is 10.2 Å². The highest BCUT2D eigenvalue weighted by atomic mass is 32.2. The first-order chi connectivity index (χ1) is 7.66. The van der Waals surface area contributed by atoms with Crippen molar-refractivity contribution in [1.29, 1.82) is 0 Å². The van der Waals surface area contributed by atoms with Gasteiger partial charge in [-0.2, -0.15) is 0 Å². The molecule has 2 aromatic carbocycles. The van der Waals surface area contributed by atoms with E-state index in [9.17, 15) is 10.2 Å². The zero-order chi connectivity index (χ0) is 11.5. The maximum Gasteiger partial charge on any atom is 0.129 e. The van der Waals surface area contributed by atoms with Crippen LogP contribution in [0.3, 0.4) is 0 Å². The third kappa shape index (κ3) is 2.46. The monoisotopic (exact) mass is 250 g/mol. The van der Waals surface area contributed by atoms with Gasteiger partial charge in [0.2, 0.25) is 0 Å². The van der Waals surface area contributed by atoms with Gasteiger partial charge in [-0.1, -0.05) is 23.9 Å². The molecular formula is C12H10O2S2. The van der Waals surface area contributed by atoms with Crippen molar-refractivity contribution in [2.45, 2.75) is 14.7 Å². The third-order valence-corrected chi connectivity index (χ3v) is 3.69. The summed E-state index contributed by atoms with van der Waals surface area (Å²) in [6.45, 7) is 0. The van der Waals surface area contributed by atoms with E-state index in [-0.39, 0.29) is 11.5 Å². The molecule has 0 spiro atoms. The lowest BCUT2D eigenvalue weighted by Gasteiger charge is -2.06. The molecule has 0 fully saturated rings. The molecule has 16 heavy (non-hydrogen) atoms. The van der Waals surface area contributed by atoms with Gasteiger partial charge < -0.3 is 10.2 Å². The number of benzene rings is 2. The molecular weight excluding hydrogens is 240 g/mol. The minimum Gasteiger partial charge on any atom is -0.508 e. The van der Waals surface area contributed by atoms with Crippen LogP contribution < -0.4 is 0 Å². The van der Waals surface area contributed by atoms with Gasteiger partial charge in [-0.3, -0.25) is 0 Å². The molecule has 0 aliphatic heterocycles. The van der Waals surface area contributed by atoms with Crippen LogP contribution in [0, 0.1) is 0 Å². The van der Waals surface area contributed by atoms with Gasteiger partial charge in [0.15, 0.2) is 0 Å². The molecule has 0 saturated carbocycles. The fourth-order valence-corrected chi connectivity index (χ4v) is 2.45. The molecule has 0 aromatic heterocycles. The van der Waals surface area contributed by atoms with Crippen molar-refractivity contribution in [3.63, 3.8) is 0 Å². The van der Waals surface area contributed by atoms with Gasteiger partial charge >= 0.3 is 0 Å². The molecule has 0 unspecified atom stereocenters. The van der Waals surface area contributed by atoms with Gasteiger partial charge in [0.05, 0.1) is 4.90 Å². The van der Waals surface area contributed by atoms with Gasteiger partial charge in [0.25, 0.3) is 0 Å². The molecule has 2 aromatic rings. The number of phenolic OH excluding ortho intramolecular Hbond substituents is 2. The summed E-state index contributed by atoms with van der Waals surface area (Å²) in [7, 11) is 0. The van der Waals surface area contributed by atoms with Crippen LogP contribution in [0.25, 0.3) is 0 Å². The second-order valence-electron chi connectivity index (χ2n) is 3.22. The summed E-state index contributed by atoms with van der Waals surface area (Å²) in [6, 6.07) is 12.1. The van der Waals surface area contributed by atoms with Crippen LogP contribution in [0.2, 0.25) is 0 Å². The summed E-state index contributed by atoms with van der Waals surface area (Å²) in [5, 5.41) is 18.9. The topological polar surface area (TPSA) is 40.5 Å². The maximum absolute atomic E-state index is 9.62. The summed E-state index contributed by atoms with van der Waals surface area (Å²) in [5.41, 5.74) is 0. The van der Waals surface area contributed by atoms with E-state index in [1.807, 2.05) is 12.1 Å². The molecule has 0 saturated heterocycles. The van der Waals surface area contributed by atoms with Crippen molar-refractivity contribution >= 4 is 24.4 Å². The Morgan fingerprint density at radius 2 is 1.69 bits per heavy atom. The van der Waals surface area contributed by atoms with E-state index in [0.717, 1.165) is 9.79 Å². The number of rotatable bonds is 2. The number of thiol groups is 1. The second kappa shape index (κ2) is 4.72. The molecule has 4 heteroatoms. The molecule has 0 radical (unpaired) electrons. The Labute approximate surface area is 103 Å². The average molecular weight is 250 g/mol. The van der Waals surface area contributed by atoms with Gasteiger partial charge in [0, 0.05) is 9.79 Å². The standard InChI is InChI=1S/C12H10O2S2/c13-8-5-6-12(10(15)7-8)16-11-4-2-1-3-9(11)14/h1-7,13-15H. The molecule has 2 nitrogen and oxygen atoms in total. The first kappa shape index (κ1) is 11.2. The Kier molecular flexibility index (Phi) is 3.31. The van der Waals surface area contributed by atoms with E-state index in [0.29, 0.717) is 4.90 Å². The first-order valence-corrected chi connectivity index (χ1v) is 5.91. The van der Waals surface area contributed by atoms with E-state index in [1.54, 1.807) is 30.3 Å². The number of aromatic hydroxyl groups is 2. The van der Waals surface area contributed by atoms with Gasteiger partial charge in [-0.25, -0.2) is 0 Å². The van der Waals surface area contributed by atoms with Crippen LogP contribution in [0.15, 0.2) is 57.2 Å². The predicted octanol–water partition coefficient (Wildman–Crippen LogP) is 3.54. The van der Waals surface area contributed by atoms with Crippen molar-refractivity contribution in [3.05, 3.63) is 42.5 Å². The van der Waals surface area contributed by atoms with E-state index in [1.165, 1.54) is 11.8 Å². The summed E-state index contributed by atoms with van der Waals surface area (Å²) in [6.07, 6.45) is 0. The molecule has 0 aliphatic carbocycles. The van der Waals surface area contributed by atoms with Gasteiger partial charge in [-0.15, -0.1) is 12.6 Å². The van der Waals surface area contributed by atoms with Crippen LogP contribution in [0.1, 0.15) is 0 Å². The lowest BCUT2D eigenvalue weighted by Crippen LogP contribution is -1.77. The molecule has 0 atom stereocenters. The highest BCUT2D eigenvalue weighted by Crippen LogP contribution is 2.37. The minimum absolute atomic E-state index is 0.187.